The van der Waals surface area contributed by atoms with Crippen LogP contribution in [0.4, 0.5) is 9.52 Å². The van der Waals surface area contributed by atoms with Crippen molar-refractivity contribution in [1.82, 2.24) is 14.8 Å². The van der Waals surface area contributed by atoms with E-state index in [0.717, 1.165) is 0 Å². The molecule has 0 aliphatic carbocycles. The molecule has 0 fully saturated rings. The first-order chi connectivity index (χ1) is 16.2. The van der Waals surface area contributed by atoms with E-state index in [1.165, 1.54) is 17.4 Å². The van der Waals surface area contributed by atoms with Gasteiger partial charge in [0.05, 0.1) is 11.2 Å². The van der Waals surface area contributed by atoms with E-state index < -0.39 is 5.82 Å². The number of ether oxygens (including phenoxy) is 1. The van der Waals surface area contributed by atoms with E-state index in [1.54, 1.807) is 52.2 Å². The van der Waals surface area contributed by atoms with Crippen LogP contribution in [0.2, 0.25) is 0 Å². The molecule has 0 N–H and O–H groups in total. The summed E-state index contributed by atoms with van der Waals surface area (Å²) in [5.41, 5.74) is 0.708. The number of nitrogens with zero attached hydrogens (tertiary/aromatic N) is 4. The number of benzene rings is 3. The second kappa shape index (κ2) is 9.22. The molecule has 0 aliphatic heterocycles. The van der Waals surface area contributed by atoms with E-state index >= 15 is 0 Å². The summed E-state index contributed by atoms with van der Waals surface area (Å²) in [4.78, 5) is 19.6. The molecule has 0 spiro atoms. The molecule has 0 aliphatic rings. The number of para-hydroxylation sites is 2. The molecule has 5 rings (SSSR count). The van der Waals surface area contributed by atoms with Crippen molar-refractivity contribution in [3.8, 4) is 11.5 Å². The number of thiazole rings is 1. The lowest BCUT2D eigenvalue weighted by atomic mass is 10.2. The van der Waals surface area contributed by atoms with Gasteiger partial charge in [-0.1, -0.05) is 41.7 Å². The Labute approximate surface area is 193 Å². The summed E-state index contributed by atoms with van der Waals surface area (Å²) in [6, 6.07) is 23.0. The average molecular weight is 459 g/mol. The van der Waals surface area contributed by atoms with E-state index in [4.69, 9.17) is 4.74 Å². The summed E-state index contributed by atoms with van der Waals surface area (Å²) in [5.74, 6) is 0.571. The van der Waals surface area contributed by atoms with Crippen LogP contribution in [0.3, 0.4) is 0 Å². The topological polar surface area (TPSA) is 60.2 Å². The SMILES string of the molecule is O=C(c1cccc(Oc2ccccc2)c1)N(CCn1cccn1)c1nc2c(F)cccc2s1. The highest BCUT2D eigenvalue weighted by atomic mass is 32.1. The molecular weight excluding hydrogens is 439 g/mol. The molecule has 2 heterocycles. The number of fused-ring (bicyclic) bond motifs is 1. The van der Waals surface area contributed by atoms with Gasteiger partial charge in [0.1, 0.15) is 22.8 Å². The van der Waals surface area contributed by atoms with Gasteiger partial charge in [0, 0.05) is 24.5 Å². The van der Waals surface area contributed by atoms with Gasteiger partial charge in [0.25, 0.3) is 5.91 Å². The minimum absolute atomic E-state index is 0.250. The standard InChI is InChI=1S/C25H19FN4O2S/c26-21-11-5-12-22-23(21)28-25(33-22)30(16-15-29-14-6-13-27-29)24(31)18-7-4-10-20(17-18)32-19-8-2-1-3-9-19/h1-14,17H,15-16H2. The number of rotatable bonds is 7. The lowest BCUT2D eigenvalue weighted by Gasteiger charge is -2.20. The lowest BCUT2D eigenvalue weighted by molar-refractivity contribution is 0.0985. The molecule has 33 heavy (non-hydrogen) atoms. The maximum absolute atomic E-state index is 14.3. The van der Waals surface area contributed by atoms with Crippen molar-refractivity contribution >= 4 is 32.6 Å². The summed E-state index contributed by atoms with van der Waals surface area (Å²) in [7, 11) is 0. The van der Waals surface area contributed by atoms with Crippen LogP contribution >= 0.6 is 11.3 Å². The van der Waals surface area contributed by atoms with Gasteiger partial charge in [0.15, 0.2) is 5.13 Å². The van der Waals surface area contributed by atoms with Crippen LogP contribution in [0.25, 0.3) is 10.2 Å². The molecule has 3 aromatic carbocycles. The number of halogens is 1. The van der Waals surface area contributed by atoms with Crippen molar-refractivity contribution in [3.63, 3.8) is 0 Å². The Morgan fingerprint density at radius 1 is 1.00 bits per heavy atom. The van der Waals surface area contributed by atoms with Gasteiger partial charge < -0.3 is 4.74 Å². The number of anilines is 1. The van der Waals surface area contributed by atoms with Crippen molar-refractivity contribution in [2.45, 2.75) is 6.54 Å². The molecule has 0 bridgehead atoms. The highest BCUT2D eigenvalue weighted by Gasteiger charge is 2.22. The highest BCUT2D eigenvalue weighted by molar-refractivity contribution is 7.22. The molecule has 164 valence electrons. The predicted molar refractivity (Wildman–Crippen MR) is 126 cm³/mol. The van der Waals surface area contributed by atoms with E-state index in [2.05, 4.69) is 10.1 Å². The smallest absolute Gasteiger partial charge is 0.260 e. The summed E-state index contributed by atoms with van der Waals surface area (Å²) >= 11 is 1.28. The largest absolute Gasteiger partial charge is 0.457 e. The number of carbonyl (C=O) groups excluding carboxylic acids is 1. The van der Waals surface area contributed by atoms with Crippen LogP contribution in [0, 0.1) is 5.82 Å². The minimum Gasteiger partial charge on any atom is -0.457 e. The monoisotopic (exact) mass is 458 g/mol. The average Bonchev–Trinajstić information content (AvgIpc) is 3.51. The zero-order valence-electron chi connectivity index (χ0n) is 17.5. The highest BCUT2D eigenvalue weighted by Crippen LogP contribution is 2.31. The number of amides is 1. The van der Waals surface area contributed by atoms with Crippen molar-refractivity contribution in [2.75, 3.05) is 11.4 Å². The third-order valence-corrected chi connectivity index (χ3v) is 6.05. The normalized spacial score (nSPS) is 10.9. The molecule has 5 aromatic rings. The third-order valence-electron chi connectivity index (χ3n) is 5.01. The molecule has 0 unspecified atom stereocenters. The first-order valence-corrected chi connectivity index (χ1v) is 11.2. The van der Waals surface area contributed by atoms with E-state index in [9.17, 15) is 9.18 Å². The minimum atomic E-state index is -0.410. The van der Waals surface area contributed by atoms with Gasteiger partial charge in [0.2, 0.25) is 0 Å². The Hall–Kier alpha value is -4.04. The van der Waals surface area contributed by atoms with Gasteiger partial charge >= 0.3 is 0 Å². The number of hydrogen-bond donors (Lipinski definition) is 0. The van der Waals surface area contributed by atoms with E-state index in [1.807, 2.05) is 42.6 Å². The van der Waals surface area contributed by atoms with Crippen molar-refractivity contribution in [3.05, 3.63) is 103 Å². The zero-order chi connectivity index (χ0) is 22.6. The Kier molecular flexibility index (Phi) is 5.82. The summed E-state index contributed by atoms with van der Waals surface area (Å²) in [6.45, 7) is 0.795. The molecule has 6 nitrogen and oxygen atoms in total. The summed E-state index contributed by atoms with van der Waals surface area (Å²) in [5, 5.41) is 4.65. The van der Waals surface area contributed by atoms with Crippen LogP contribution in [0.5, 0.6) is 11.5 Å². The fraction of sp³-hybridized carbons (Fsp3) is 0.0800. The predicted octanol–water partition coefficient (Wildman–Crippen LogP) is 5.77. The number of carbonyl (C=O) groups is 1. The van der Waals surface area contributed by atoms with Crippen molar-refractivity contribution < 1.29 is 13.9 Å². The van der Waals surface area contributed by atoms with E-state index in [-0.39, 0.29) is 11.4 Å². The van der Waals surface area contributed by atoms with Crippen molar-refractivity contribution in [2.24, 2.45) is 0 Å². The molecule has 0 saturated carbocycles. The summed E-state index contributed by atoms with van der Waals surface area (Å²) in [6.07, 6.45) is 3.51. The maximum Gasteiger partial charge on any atom is 0.260 e. The fourth-order valence-electron chi connectivity index (χ4n) is 3.41. The Balaban J connectivity index is 1.47. The van der Waals surface area contributed by atoms with E-state index in [0.29, 0.717) is 40.0 Å². The van der Waals surface area contributed by atoms with Crippen LogP contribution < -0.4 is 9.64 Å². The molecular formula is C25H19FN4O2S. The van der Waals surface area contributed by atoms with Gasteiger partial charge in [-0.05, 0) is 48.5 Å². The van der Waals surface area contributed by atoms with Gasteiger partial charge in [-0.2, -0.15) is 5.10 Å². The van der Waals surface area contributed by atoms with Crippen molar-refractivity contribution in [1.29, 1.82) is 0 Å². The quantitative estimate of drug-likeness (QED) is 0.311. The van der Waals surface area contributed by atoms with Crippen LogP contribution in [-0.4, -0.2) is 27.2 Å². The lowest BCUT2D eigenvalue weighted by Crippen LogP contribution is -2.34. The fourth-order valence-corrected chi connectivity index (χ4v) is 4.42. The maximum atomic E-state index is 14.3. The molecule has 0 atom stereocenters. The zero-order valence-corrected chi connectivity index (χ0v) is 18.3. The first-order valence-electron chi connectivity index (χ1n) is 10.3. The molecule has 1 amide bonds. The Morgan fingerprint density at radius 2 is 1.82 bits per heavy atom. The van der Waals surface area contributed by atoms with Gasteiger partial charge in [-0.25, -0.2) is 9.37 Å². The second-order valence-corrected chi connectivity index (χ2v) is 8.26. The third kappa shape index (κ3) is 4.61. The second-order valence-electron chi connectivity index (χ2n) is 7.25. The van der Waals surface area contributed by atoms with Crippen LogP contribution in [0.1, 0.15) is 10.4 Å². The molecule has 8 heteroatoms. The Morgan fingerprint density at radius 3 is 2.61 bits per heavy atom. The van der Waals surface area contributed by atoms with Crippen LogP contribution in [-0.2, 0) is 6.54 Å². The first kappa shape index (κ1) is 20.8. The van der Waals surface area contributed by atoms with Crippen LogP contribution in [0.15, 0.2) is 91.3 Å². The molecule has 0 saturated heterocycles. The molecule has 0 radical (unpaired) electrons. The van der Waals surface area contributed by atoms with Gasteiger partial charge in [-0.3, -0.25) is 14.4 Å². The number of hydrogen-bond acceptors (Lipinski definition) is 5. The Bertz CT molecular complexity index is 1390. The number of aromatic nitrogens is 3. The van der Waals surface area contributed by atoms with Gasteiger partial charge in [-0.15, -0.1) is 0 Å². The molecule has 2 aromatic heterocycles. The summed E-state index contributed by atoms with van der Waals surface area (Å²) < 4.78 is 22.6.